The van der Waals surface area contributed by atoms with Gasteiger partial charge in [-0.05, 0) is 54.3 Å². The summed E-state index contributed by atoms with van der Waals surface area (Å²) >= 11 is 0. The van der Waals surface area contributed by atoms with Crippen molar-refractivity contribution in [2.24, 2.45) is 5.92 Å². The number of hydrogen-bond acceptors (Lipinski definition) is 4. The molecule has 1 N–H and O–H groups in total. The zero-order valence-corrected chi connectivity index (χ0v) is 18.3. The summed E-state index contributed by atoms with van der Waals surface area (Å²) < 4.78 is 5.27. The molecule has 0 saturated carbocycles. The predicted octanol–water partition coefficient (Wildman–Crippen LogP) is 4.75. The molecule has 1 aliphatic rings. The van der Waals surface area contributed by atoms with Gasteiger partial charge in [-0.1, -0.05) is 36.4 Å². The minimum Gasteiger partial charge on any atom is -0.423 e. The maximum atomic E-state index is 13.2. The predicted molar refractivity (Wildman–Crippen MR) is 128 cm³/mol. The maximum Gasteiger partial charge on any atom is 0.336 e. The standard InChI is InChI=1S/C27H24N2O4/c1-17-15-25(30)33-24-16-20(9-10-21(17)24)28-26(31)19-11-13-29(14-12-19)27(32)23-8-4-6-18-5-2-3-7-22(18)23/h2-10,15-16,19H,11-14H2,1H3,(H,28,31). The highest BCUT2D eigenvalue weighted by Crippen LogP contribution is 2.26. The molecule has 4 aromatic rings. The van der Waals surface area contributed by atoms with E-state index in [4.69, 9.17) is 4.42 Å². The summed E-state index contributed by atoms with van der Waals surface area (Å²) in [5.41, 5.74) is 2.17. The number of likely N-dealkylation sites (tertiary alicyclic amines) is 1. The Morgan fingerprint density at radius 2 is 1.70 bits per heavy atom. The number of nitrogens with one attached hydrogen (secondary N) is 1. The third-order valence-electron chi connectivity index (χ3n) is 6.39. The number of benzene rings is 3. The van der Waals surface area contributed by atoms with Crippen molar-refractivity contribution in [3.8, 4) is 0 Å². The van der Waals surface area contributed by atoms with E-state index in [-0.39, 0.29) is 17.7 Å². The minimum atomic E-state index is -0.410. The normalized spacial score (nSPS) is 14.5. The van der Waals surface area contributed by atoms with Crippen LogP contribution in [0.2, 0.25) is 0 Å². The molecule has 0 spiro atoms. The molecule has 6 heteroatoms. The highest BCUT2D eigenvalue weighted by Gasteiger charge is 2.28. The third-order valence-corrected chi connectivity index (χ3v) is 6.39. The molecule has 6 nitrogen and oxygen atoms in total. The van der Waals surface area contributed by atoms with Crippen LogP contribution >= 0.6 is 0 Å². The number of amides is 2. The van der Waals surface area contributed by atoms with Gasteiger partial charge in [-0.15, -0.1) is 0 Å². The molecule has 1 aliphatic heterocycles. The molecule has 0 radical (unpaired) electrons. The fourth-order valence-electron chi connectivity index (χ4n) is 4.57. The Labute approximate surface area is 190 Å². The fraction of sp³-hybridized carbons (Fsp3) is 0.222. The van der Waals surface area contributed by atoms with Crippen LogP contribution in [0.25, 0.3) is 21.7 Å². The second-order valence-corrected chi connectivity index (χ2v) is 8.54. The van der Waals surface area contributed by atoms with Crippen molar-refractivity contribution >= 4 is 39.2 Å². The summed E-state index contributed by atoms with van der Waals surface area (Å²) in [4.78, 5) is 39.5. The summed E-state index contributed by atoms with van der Waals surface area (Å²) in [6.45, 7) is 2.92. The zero-order valence-electron chi connectivity index (χ0n) is 18.3. The molecule has 0 bridgehead atoms. The lowest BCUT2D eigenvalue weighted by Crippen LogP contribution is -2.41. The van der Waals surface area contributed by atoms with Crippen molar-refractivity contribution < 1.29 is 14.0 Å². The van der Waals surface area contributed by atoms with Gasteiger partial charge in [-0.3, -0.25) is 9.59 Å². The van der Waals surface area contributed by atoms with E-state index >= 15 is 0 Å². The van der Waals surface area contributed by atoms with E-state index < -0.39 is 5.63 Å². The summed E-state index contributed by atoms with van der Waals surface area (Å²) in [6.07, 6.45) is 1.20. The summed E-state index contributed by atoms with van der Waals surface area (Å²) in [6, 6.07) is 20.4. The van der Waals surface area contributed by atoms with Gasteiger partial charge >= 0.3 is 5.63 Å². The molecule has 33 heavy (non-hydrogen) atoms. The number of carbonyl (C=O) groups excluding carboxylic acids is 2. The SMILES string of the molecule is Cc1cc(=O)oc2cc(NC(=O)C3CCN(C(=O)c4cccc5ccccc45)CC3)ccc12. The van der Waals surface area contributed by atoms with Crippen molar-refractivity contribution in [2.45, 2.75) is 19.8 Å². The molecule has 1 aromatic heterocycles. The second-order valence-electron chi connectivity index (χ2n) is 8.54. The van der Waals surface area contributed by atoms with Crippen LogP contribution < -0.4 is 10.9 Å². The quantitative estimate of drug-likeness (QED) is 0.467. The summed E-state index contributed by atoms with van der Waals surface area (Å²) in [7, 11) is 0. The van der Waals surface area contributed by atoms with E-state index in [0.717, 1.165) is 21.7 Å². The van der Waals surface area contributed by atoms with E-state index in [1.807, 2.05) is 66.4 Å². The van der Waals surface area contributed by atoms with Gasteiger partial charge in [0.15, 0.2) is 0 Å². The number of hydrogen-bond donors (Lipinski definition) is 1. The van der Waals surface area contributed by atoms with Gasteiger partial charge in [-0.2, -0.15) is 0 Å². The summed E-state index contributed by atoms with van der Waals surface area (Å²) in [5, 5.41) is 5.77. The van der Waals surface area contributed by atoms with Crippen LogP contribution in [0.5, 0.6) is 0 Å². The van der Waals surface area contributed by atoms with Gasteiger partial charge in [0, 0.05) is 47.8 Å². The van der Waals surface area contributed by atoms with Crippen LogP contribution in [0, 0.1) is 12.8 Å². The Morgan fingerprint density at radius 3 is 2.52 bits per heavy atom. The third kappa shape index (κ3) is 4.12. The van der Waals surface area contributed by atoms with Crippen LogP contribution in [0.3, 0.4) is 0 Å². The Balaban J connectivity index is 1.25. The van der Waals surface area contributed by atoms with Crippen LogP contribution in [0.4, 0.5) is 5.69 Å². The number of nitrogens with zero attached hydrogens (tertiary/aromatic N) is 1. The molecule has 1 fully saturated rings. The monoisotopic (exact) mass is 440 g/mol. The van der Waals surface area contributed by atoms with E-state index in [0.29, 0.717) is 42.8 Å². The lowest BCUT2D eigenvalue weighted by atomic mass is 9.94. The second kappa shape index (κ2) is 8.54. The van der Waals surface area contributed by atoms with Crippen LogP contribution in [0.1, 0.15) is 28.8 Å². The highest BCUT2D eigenvalue weighted by atomic mass is 16.4. The molecule has 2 heterocycles. The lowest BCUT2D eigenvalue weighted by molar-refractivity contribution is -0.121. The van der Waals surface area contributed by atoms with E-state index in [1.165, 1.54) is 6.07 Å². The Hall–Kier alpha value is -3.93. The van der Waals surface area contributed by atoms with Gasteiger partial charge in [0.1, 0.15) is 5.58 Å². The molecule has 0 aliphatic carbocycles. The van der Waals surface area contributed by atoms with Crippen LogP contribution in [0.15, 0.2) is 75.9 Å². The minimum absolute atomic E-state index is 0.00517. The molecule has 0 atom stereocenters. The molecular formula is C27H24N2O4. The van der Waals surface area contributed by atoms with Crippen LogP contribution in [-0.2, 0) is 4.79 Å². The Bertz CT molecular complexity index is 1430. The van der Waals surface area contributed by atoms with Crippen molar-refractivity contribution in [1.82, 2.24) is 4.90 Å². The van der Waals surface area contributed by atoms with E-state index in [9.17, 15) is 14.4 Å². The molecule has 3 aromatic carbocycles. The average Bonchev–Trinajstić information content (AvgIpc) is 2.83. The number of carbonyl (C=O) groups is 2. The van der Waals surface area contributed by atoms with Gasteiger partial charge in [0.2, 0.25) is 5.91 Å². The average molecular weight is 440 g/mol. The van der Waals surface area contributed by atoms with Gasteiger partial charge in [0.05, 0.1) is 0 Å². The van der Waals surface area contributed by atoms with Crippen LogP contribution in [-0.4, -0.2) is 29.8 Å². The molecule has 5 rings (SSSR count). The number of anilines is 1. The fourth-order valence-corrected chi connectivity index (χ4v) is 4.57. The first-order chi connectivity index (χ1) is 16.0. The van der Waals surface area contributed by atoms with Crippen molar-refractivity contribution in [3.05, 3.63) is 88.3 Å². The van der Waals surface area contributed by atoms with Crippen molar-refractivity contribution in [3.63, 3.8) is 0 Å². The molecule has 1 saturated heterocycles. The first-order valence-electron chi connectivity index (χ1n) is 11.1. The Kier molecular flexibility index (Phi) is 5.42. The van der Waals surface area contributed by atoms with Crippen molar-refractivity contribution in [1.29, 1.82) is 0 Å². The Morgan fingerprint density at radius 1 is 0.939 bits per heavy atom. The number of fused-ring (bicyclic) bond motifs is 2. The van der Waals surface area contributed by atoms with Gasteiger partial charge in [0.25, 0.3) is 5.91 Å². The van der Waals surface area contributed by atoms with Gasteiger partial charge < -0.3 is 14.6 Å². The first-order valence-corrected chi connectivity index (χ1v) is 11.1. The molecular weight excluding hydrogens is 416 g/mol. The topological polar surface area (TPSA) is 79.6 Å². The summed E-state index contributed by atoms with van der Waals surface area (Å²) in [5.74, 6) is -0.256. The maximum absolute atomic E-state index is 13.2. The smallest absolute Gasteiger partial charge is 0.336 e. The number of rotatable bonds is 3. The number of aryl methyl sites for hydroxylation is 1. The molecule has 0 unspecified atom stereocenters. The van der Waals surface area contributed by atoms with Gasteiger partial charge in [-0.25, -0.2) is 4.79 Å². The lowest BCUT2D eigenvalue weighted by Gasteiger charge is -2.31. The number of piperidine rings is 1. The molecule has 166 valence electrons. The van der Waals surface area contributed by atoms with Crippen molar-refractivity contribution in [2.75, 3.05) is 18.4 Å². The molecule has 2 amide bonds. The van der Waals surface area contributed by atoms with E-state index in [2.05, 4.69) is 5.32 Å². The first kappa shape index (κ1) is 20.9. The largest absolute Gasteiger partial charge is 0.423 e. The highest BCUT2D eigenvalue weighted by molar-refractivity contribution is 6.07. The van der Waals surface area contributed by atoms with E-state index in [1.54, 1.807) is 6.07 Å². The zero-order chi connectivity index (χ0) is 22.9.